The van der Waals surface area contributed by atoms with Crippen LogP contribution in [-0.2, 0) is 6.42 Å². The minimum absolute atomic E-state index is 0.774. The van der Waals surface area contributed by atoms with E-state index in [0.717, 1.165) is 48.8 Å². The quantitative estimate of drug-likeness (QED) is 0.918. The number of hydrogen-bond donors (Lipinski definition) is 1. The first-order valence-electron chi connectivity index (χ1n) is 8.09. The van der Waals surface area contributed by atoms with Gasteiger partial charge < -0.3 is 10.2 Å². The summed E-state index contributed by atoms with van der Waals surface area (Å²) >= 11 is 0. The van der Waals surface area contributed by atoms with Gasteiger partial charge >= 0.3 is 0 Å². The van der Waals surface area contributed by atoms with Gasteiger partial charge in [0.15, 0.2) is 0 Å². The smallest absolute Gasteiger partial charge is 0.132 e. The van der Waals surface area contributed by atoms with E-state index in [9.17, 15) is 0 Å². The van der Waals surface area contributed by atoms with Gasteiger partial charge in [-0.1, -0.05) is 6.92 Å². The number of aryl methyl sites for hydroxylation is 2. The second-order valence-corrected chi connectivity index (χ2v) is 6.16. The average molecular weight is 274 g/mol. The molecular formula is C16H26N4. The highest BCUT2D eigenvalue weighted by molar-refractivity contribution is 5.40. The highest BCUT2D eigenvalue weighted by atomic mass is 15.2. The molecule has 4 nitrogen and oxygen atoms in total. The predicted molar refractivity (Wildman–Crippen MR) is 82.1 cm³/mol. The van der Waals surface area contributed by atoms with Gasteiger partial charge in [-0.05, 0) is 45.1 Å². The lowest BCUT2D eigenvalue weighted by molar-refractivity contribution is 0.318. The SMILES string of the molecule is CCc1nc(C)cc(N2CCC(C3CCCN3)CC2)n1. The Labute approximate surface area is 122 Å². The molecule has 3 heterocycles. The van der Waals surface area contributed by atoms with Gasteiger partial charge in [0.1, 0.15) is 11.6 Å². The van der Waals surface area contributed by atoms with E-state index in [1.165, 1.54) is 32.2 Å². The van der Waals surface area contributed by atoms with Crippen molar-refractivity contribution in [3.63, 3.8) is 0 Å². The molecule has 2 aliphatic heterocycles. The summed E-state index contributed by atoms with van der Waals surface area (Å²) in [6, 6.07) is 2.91. The van der Waals surface area contributed by atoms with Crippen molar-refractivity contribution in [2.45, 2.75) is 52.0 Å². The molecule has 2 fully saturated rings. The molecule has 2 saturated heterocycles. The molecule has 0 saturated carbocycles. The van der Waals surface area contributed by atoms with Gasteiger partial charge in [0.25, 0.3) is 0 Å². The van der Waals surface area contributed by atoms with E-state index in [0.29, 0.717) is 0 Å². The van der Waals surface area contributed by atoms with Crippen molar-refractivity contribution in [1.29, 1.82) is 0 Å². The predicted octanol–water partition coefficient (Wildman–Crippen LogP) is 2.32. The van der Waals surface area contributed by atoms with E-state index in [1.807, 2.05) is 0 Å². The number of rotatable bonds is 3. The van der Waals surface area contributed by atoms with E-state index in [-0.39, 0.29) is 0 Å². The molecule has 0 radical (unpaired) electrons. The number of aromatic nitrogens is 2. The summed E-state index contributed by atoms with van der Waals surface area (Å²) in [5.74, 6) is 2.97. The molecule has 110 valence electrons. The molecule has 0 bridgehead atoms. The maximum atomic E-state index is 4.70. The molecule has 1 unspecified atom stereocenters. The molecule has 1 aromatic heterocycles. The third-order valence-corrected chi connectivity index (χ3v) is 4.73. The van der Waals surface area contributed by atoms with Crippen LogP contribution < -0.4 is 10.2 Å². The fraction of sp³-hybridized carbons (Fsp3) is 0.750. The van der Waals surface area contributed by atoms with Crippen molar-refractivity contribution < 1.29 is 0 Å². The molecule has 0 aliphatic carbocycles. The Morgan fingerprint density at radius 3 is 2.70 bits per heavy atom. The zero-order chi connectivity index (χ0) is 13.9. The number of hydrogen-bond acceptors (Lipinski definition) is 4. The summed E-state index contributed by atoms with van der Waals surface area (Å²) in [6.45, 7) is 7.69. The van der Waals surface area contributed by atoms with E-state index >= 15 is 0 Å². The number of nitrogens with one attached hydrogen (secondary N) is 1. The number of nitrogens with zero attached hydrogens (tertiary/aromatic N) is 3. The Morgan fingerprint density at radius 1 is 1.25 bits per heavy atom. The molecule has 0 spiro atoms. The van der Waals surface area contributed by atoms with Crippen molar-refractivity contribution in [3.05, 3.63) is 17.6 Å². The second kappa shape index (κ2) is 6.08. The molecule has 4 heteroatoms. The standard InChI is InChI=1S/C16H26N4/c1-3-15-18-12(2)11-16(19-15)20-9-6-13(7-10-20)14-5-4-8-17-14/h11,13-14,17H,3-10H2,1-2H3. The summed E-state index contributed by atoms with van der Waals surface area (Å²) in [4.78, 5) is 11.6. The average Bonchev–Trinajstić information content (AvgIpc) is 3.01. The Hall–Kier alpha value is -1.16. The van der Waals surface area contributed by atoms with Crippen molar-refractivity contribution in [2.24, 2.45) is 5.92 Å². The topological polar surface area (TPSA) is 41.1 Å². The van der Waals surface area contributed by atoms with Gasteiger partial charge in [0, 0.05) is 37.3 Å². The van der Waals surface area contributed by atoms with Gasteiger partial charge in [0.2, 0.25) is 0 Å². The molecule has 3 rings (SSSR count). The maximum Gasteiger partial charge on any atom is 0.132 e. The Morgan fingerprint density at radius 2 is 2.05 bits per heavy atom. The van der Waals surface area contributed by atoms with Gasteiger partial charge in [-0.25, -0.2) is 9.97 Å². The van der Waals surface area contributed by atoms with E-state index in [4.69, 9.17) is 4.98 Å². The molecule has 0 amide bonds. The highest BCUT2D eigenvalue weighted by Gasteiger charge is 2.28. The molecule has 1 aromatic rings. The van der Waals surface area contributed by atoms with Crippen molar-refractivity contribution in [3.8, 4) is 0 Å². The number of anilines is 1. The minimum atomic E-state index is 0.774. The third kappa shape index (κ3) is 2.95. The fourth-order valence-corrected chi connectivity index (χ4v) is 3.58. The first-order valence-corrected chi connectivity index (χ1v) is 8.09. The summed E-state index contributed by atoms with van der Waals surface area (Å²) in [5, 5.41) is 3.66. The molecule has 1 atom stereocenters. The van der Waals surface area contributed by atoms with Gasteiger partial charge in [-0.2, -0.15) is 0 Å². The molecule has 0 aromatic carbocycles. The van der Waals surface area contributed by atoms with Gasteiger partial charge in [-0.15, -0.1) is 0 Å². The molecule has 20 heavy (non-hydrogen) atoms. The Balaban J connectivity index is 1.64. The van der Waals surface area contributed by atoms with Crippen LogP contribution in [0.3, 0.4) is 0 Å². The lowest BCUT2D eigenvalue weighted by atomic mass is 9.88. The Kier molecular flexibility index (Phi) is 4.20. The molecule has 2 aliphatic rings. The van der Waals surface area contributed by atoms with E-state index in [1.54, 1.807) is 0 Å². The van der Waals surface area contributed by atoms with E-state index in [2.05, 4.69) is 35.1 Å². The van der Waals surface area contributed by atoms with Crippen LogP contribution in [-0.4, -0.2) is 35.6 Å². The van der Waals surface area contributed by atoms with Gasteiger partial charge in [0.05, 0.1) is 0 Å². The van der Waals surface area contributed by atoms with Crippen LogP contribution in [0.15, 0.2) is 6.07 Å². The van der Waals surface area contributed by atoms with Crippen LogP contribution in [0.4, 0.5) is 5.82 Å². The third-order valence-electron chi connectivity index (χ3n) is 4.73. The van der Waals surface area contributed by atoms with Crippen LogP contribution in [0.1, 0.15) is 44.1 Å². The van der Waals surface area contributed by atoms with Crippen LogP contribution in [0.5, 0.6) is 0 Å². The first-order chi connectivity index (χ1) is 9.76. The second-order valence-electron chi connectivity index (χ2n) is 6.16. The van der Waals surface area contributed by atoms with Crippen LogP contribution in [0.2, 0.25) is 0 Å². The summed E-state index contributed by atoms with van der Waals surface area (Å²) in [5.41, 5.74) is 1.09. The molecular weight excluding hydrogens is 248 g/mol. The zero-order valence-corrected chi connectivity index (χ0v) is 12.7. The Bertz CT molecular complexity index is 446. The van der Waals surface area contributed by atoms with Crippen LogP contribution in [0.25, 0.3) is 0 Å². The monoisotopic (exact) mass is 274 g/mol. The minimum Gasteiger partial charge on any atom is -0.356 e. The summed E-state index contributed by atoms with van der Waals surface area (Å²) < 4.78 is 0. The van der Waals surface area contributed by atoms with Crippen molar-refractivity contribution in [2.75, 3.05) is 24.5 Å². The molecule has 1 N–H and O–H groups in total. The van der Waals surface area contributed by atoms with E-state index < -0.39 is 0 Å². The van der Waals surface area contributed by atoms with Crippen molar-refractivity contribution in [1.82, 2.24) is 15.3 Å². The van der Waals surface area contributed by atoms with Crippen LogP contribution >= 0.6 is 0 Å². The lowest BCUT2D eigenvalue weighted by Gasteiger charge is -2.35. The van der Waals surface area contributed by atoms with Crippen LogP contribution in [0, 0.1) is 12.8 Å². The fourth-order valence-electron chi connectivity index (χ4n) is 3.58. The lowest BCUT2D eigenvalue weighted by Crippen LogP contribution is -2.41. The maximum absolute atomic E-state index is 4.70. The zero-order valence-electron chi connectivity index (χ0n) is 12.7. The summed E-state index contributed by atoms with van der Waals surface area (Å²) in [7, 11) is 0. The first kappa shape index (κ1) is 13.8. The summed E-state index contributed by atoms with van der Waals surface area (Å²) in [6.07, 6.45) is 6.23. The largest absolute Gasteiger partial charge is 0.356 e. The number of piperidine rings is 1. The van der Waals surface area contributed by atoms with Crippen molar-refractivity contribution >= 4 is 5.82 Å². The highest BCUT2D eigenvalue weighted by Crippen LogP contribution is 2.27. The van der Waals surface area contributed by atoms with Gasteiger partial charge in [-0.3, -0.25) is 0 Å². The normalized spacial score (nSPS) is 24.3.